The fourth-order valence-electron chi connectivity index (χ4n) is 1.80. The van der Waals surface area contributed by atoms with E-state index in [0.717, 1.165) is 22.2 Å². The Kier molecular flexibility index (Phi) is 4.46. The second-order valence-electron chi connectivity index (χ2n) is 4.69. The van der Waals surface area contributed by atoms with Crippen molar-refractivity contribution >= 4 is 39.3 Å². The molecule has 1 saturated carbocycles. The second-order valence-corrected chi connectivity index (χ2v) is 6.60. The van der Waals surface area contributed by atoms with Crippen molar-refractivity contribution in [1.29, 1.82) is 0 Å². The Morgan fingerprint density at radius 1 is 1.63 bits per heavy atom. The zero-order chi connectivity index (χ0) is 14.0. The molecular weight excluding hydrogens is 332 g/mol. The van der Waals surface area contributed by atoms with Crippen LogP contribution in [0.1, 0.15) is 17.7 Å². The molecule has 1 aliphatic carbocycles. The number of nitrogens with one attached hydrogen (secondary N) is 1. The number of thiophene rings is 1. The van der Waals surface area contributed by atoms with Crippen molar-refractivity contribution < 1.29 is 14.7 Å². The largest absolute Gasteiger partial charge is 0.480 e. The second kappa shape index (κ2) is 5.92. The zero-order valence-electron chi connectivity index (χ0n) is 10.4. The van der Waals surface area contributed by atoms with Crippen LogP contribution in [0.5, 0.6) is 0 Å². The molecule has 19 heavy (non-hydrogen) atoms. The van der Waals surface area contributed by atoms with Gasteiger partial charge in [-0.15, -0.1) is 11.3 Å². The van der Waals surface area contributed by atoms with E-state index in [1.807, 2.05) is 11.4 Å². The van der Waals surface area contributed by atoms with Crippen molar-refractivity contribution in [3.05, 3.63) is 20.8 Å². The van der Waals surface area contributed by atoms with E-state index < -0.39 is 12.0 Å². The molecule has 2 N–H and O–H groups in total. The molecule has 0 aromatic carbocycles. The standard InChI is InChI=1S/C12H15BrN2O3S/c1-15(5-9-4-8(13)6-19-9)12(18)14-10(11(16)17)7-2-3-7/h4,6-7,10H,2-3,5H2,1H3,(H,14,18)(H,16,17). The third kappa shape index (κ3) is 3.94. The summed E-state index contributed by atoms with van der Waals surface area (Å²) in [5, 5.41) is 13.6. The number of hydrogen-bond donors (Lipinski definition) is 2. The number of carbonyl (C=O) groups excluding carboxylic acids is 1. The highest BCUT2D eigenvalue weighted by molar-refractivity contribution is 9.10. The summed E-state index contributed by atoms with van der Waals surface area (Å²) in [6, 6.07) is 0.846. The van der Waals surface area contributed by atoms with Gasteiger partial charge in [-0.05, 0) is 40.8 Å². The number of aliphatic carboxylic acids is 1. The van der Waals surface area contributed by atoms with Gasteiger partial charge >= 0.3 is 12.0 Å². The Morgan fingerprint density at radius 3 is 2.79 bits per heavy atom. The molecule has 2 amide bonds. The number of carbonyl (C=O) groups is 2. The number of carboxylic acids is 1. The van der Waals surface area contributed by atoms with Crippen molar-refractivity contribution in [2.24, 2.45) is 5.92 Å². The molecule has 0 bridgehead atoms. The van der Waals surface area contributed by atoms with Crippen LogP contribution in [0.4, 0.5) is 4.79 Å². The zero-order valence-corrected chi connectivity index (χ0v) is 12.8. The first kappa shape index (κ1) is 14.3. The fraction of sp³-hybridized carbons (Fsp3) is 0.500. The summed E-state index contributed by atoms with van der Waals surface area (Å²) in [7, 11) is 1.66. The van der Waals surface area contributed by atoms with Crippen LogP contribution < -0.4 is 5.32 Å². The first-order chi connectivity index (χ1) is 8.97. The summed E-state index contributed by atoms with van der Waals surface area (Å²) in [4.78, 5) is 25.5. The predicted octanol–water partition coefficient (Wildman–Crippen LogP) is 2.52. The molecule has 104 valence electrons. The van der Waals surface area contributed by atoms with Gasteiger partial charge in [-0.2, -0.15) is 0 Å². The summed E-state index contributed by atoms with van der Waals surface area (Å²) in [6.07, 6.45) is 1.75. The maximum atomic E-state index is 11.9. The maximum Gasteiger partial charge on any atom is 0.326 e. The number of nitrogens with zero attached hydrogens (tertiary/aromatic N) is 1. The van der Waals surface area contributed by atoms with E-state index >= 15 is 0 Å². The van der Waals surface area contributed by atoms with Gasteiger partial charge in [-0.3, -0.25) is 0 Å². The van der Waals surface area contributed by atoms with Crippen LogP contribution >= 0.6 is 27.3 Å². The molecule has 5 nitrogen and oxygen atoms in total. The lowest BCUT2D eigenvalue weighted by atomic mass is 10.2. The topological polar surface area (TPSA) is 69.6 Å². The van der Waals surface area contributed by atoms with Gasteiger partial charge in [0.1, 0.15) is 6.04 Å². The predicted molar refractivity (Wildman–Crippen MR) is 76.2 cm³/mol. The van der Waals surface area contributed by atoms with E-state index in [2.05, 4.69) is 21.2 Å². The van der Waals surface area contributed by atoms with Gasteiger partial charge in [0, 0.05) is 21.8 Å². The number of amides is 2. The number of rotatable bonds is 5. The molecule has 0 aliphatic heterocycles. The van der Waals surface area contributed by atoms with Crippen molar-refractivity contribution in [1.82, 2.24) is 10.2 Å². The van der Waals surface area contributed by atoms with Crippen LogP contribution in [0.25, 0.3) is 0 Å². The van der Waals surface area contributed by atoms with Crippen LogP contribution in [0, 0.1) is 5.92 Å². The number of urea groups is 1. The lowest BCUT2D eigenvalue weighted by Crippen LogP contribution is -2.47. The molecule has 7 heteroatoms. The number of carboxylic acid groups (broad SMARTS) is 1. The summed E-state index contributed by atoms with van der Waals surface area (Å²) in [5.74, 6) is -0.867. The Labute approximate surface area is 123 Å². The highest BCUT2D eigenvalue weighted by Gasteiger charge is 2.37. The average molecular weight is 347 g/mol. The first-order valence-corrected chi connectivity index (χ1v) is 7.62. The molecular formula is C12H15BrN2O3S. The summed E-state index contributed by atoms with van der Waals surface area (Å²) in [6.45, 7) is 0.471. The van der Waals surface area contributed by atoms with Gasteiger partial charge in [0.25, 0.3) is 0 Å². The maximum absolute atomic E-state index is 11.9. The van der Waals surface area contributed by atoms with E-state index in [9.17, 15) is 9.59 Å². The highest BCUT2D eigenvalue weighted by atomic mass is 79.9. The van der Waals surface area contributed by atoms with Crippen LogP contribution in [-0.4, -0.2) is 35.1 Å². The Balaban J connectivity index is 1.89. The number of halogens is 1. The molecule has 1 aromatic heterocycles. The molecule has 0 spiro atoms. The molecule has 0 radical (unpaired) electrons. The smallest absolute Gasteiger partial charge is 0.326 e. The van der Waals surface area contributed by atoms with Gasteiger partial charge in [0.15, 0.2) is 0 Å². The van der Waals surface area contributed by atoms with Crippen molar-refractivity contribution in [3.63, 3.8) is 0 Å². The molecule has 1 atom stereocenters. The Morgan fingerprint density at radius 2 is 2.32 bits per heavy atom. The lowest BCUT2D eigenvalue weighted by molar-refractivity contribution is -0.139. The summed E-state index contributed by atoms with van der Waals surface area (Å²) < 4.78 is 0.989. The highest BCUT2D eigenvalue weighted by Crippen LogP contribution is 2.32. The van der Waals surface area contributed by atoms with Gasteiger partial charge in [-0.1, -0.05) is 0 Å². The summed E-state index contributed by atoms with van der Waals surface area (Å²) in [5.41, 5.74) is 0. The van der Waals surface area contributed by atoms with Crippen molar-refractivity contribution in [2.45, 2.75) is 25.4 Å². The molecule has 0 saturated heterocycles. The minimum Gasteiger partial charge on any atom is -0.480 e. The van der Waals surface area contributed by atoms with Gasteiger partial charge in [-0.25, -0.2) is 9.59 Å². The van der Waals surface area contributed by atoms with Crippen LogP contribution in [0.15, 0.2) is 15.9 Å². The Hall–Kier alpha value is -1.08. The van der Waals surface area contributed by atoms with E-state index in [-0.39, 0.29) is 11.9 Å². The van der Waals surface area contributed by atoms with Gasteiger partial charge in [0.05, 0.1) is 6.54 Å². The minimum atomic E-state index is -0.955. The van der Waals surface area contributed by atoms with Gasteiger partial charge in [0.2, 0.25) is 0 Å². The average Bonchev–Trinajstić information content (AvgIpc) is 3.09. The monoisotopic (exact) mass is 346 g/mol. The normalized spacial score (nSPS) is 15.9. The van der Waals surface area contributed by atoms with Crippen molar-refractivity contribution in [2.75, 3.05) is 7.05 Å². The Bertz CT molecular complexity index is 487. The quantitative estimate of drug-likeness (QED) is 0.860. The third-order valence-corrected chi connectivity index (χ3v) is 4.68. The third-order valence-electron chi connectivity index (χ3n) is 3.00. The molecule has 1 unspecified atom stereocenters. The van der Waals surface area contributed by atoms with Gasteiger partial charge < -0.3 is 15.3 Å². The molecule has 1 aliphatic rings. The SMILES string of the molecule is CN(Cc1cc(Br)cs1)C(=O)NC(C(=O)O)C1CC1. The molecule has 1 aromatic rings. The lowest BCUT2D eigenvalue weighted by Gasteiger charge is -2.20. The van der Waals surface area contributed by atoms with E-state index in [1.165, 1.54) is 4.90 Å². The minimum absolute atomic E-state index is 0.0886. The summed E-state index contributed by atoms with van der Waals surface area (Å²) >= 11 is 4.91. The van der Waals surface area contributed by atoms with Crippen LogP contribution in [-0.2, 0) is 11.3 Å². The van der Waals surface area contributed by atoms with Crippen LogP contribution in [0.3, 0.4) is 0 Å². The number of hydrogen-bond acceptors (Lipinski definition) is 3. The molecule has 1 fully saturated rings. The van der Waals surface area contributed by atoms with E-state index in [4.69, 9.17) is 5.11 Å². The molecule has 2 rings (SSSR count). The fourth-order valence-corrected chi connectivity index (χ4v) is 3.30. The molecule has 1 heterocycles. The van der Waals surface area contributed by atoms with Crippen LogP contribution in [0.2, 0.25) is 0 Å². The van der Waals surface area contributed by atoms with E-state index in [1.54, 1.807) is 18.4 Å². The van der Waals surface area contributed by atoms with Crippen molar-refractivity contribution in [3.8, 4) is 0 Å². The first-order valence-electron chi connectivity index (χ1n) is 5.94. The van der Waals surface area contributed by atoms with E-state index in [0.29, 0.717) is 6.54 Å².